The largest absolute Gasteiger partial charge is 0.479 e. The van der Waals surface area contributed by atoms with Crippen molar-refractivity contribution in [1.82, 2.24) is 5.32 Å². The van der Waals surface area contributed by atoms with Gasteiger partial charge < -0.3 is 20.3 Å². The molecule has 0 fully saturated rings. The number of carbonyl (C=O) groups is 3. The average molecular weight is 395 g/mol. The maximum Gasteiger partial charge on any atom is 0.267 e. The van der Waals surface area contributed by atoms with Crippen LogP contribution in [0.2, 0.25) is 0 Å². The summed E-state index contributed by atoms with van der Waals surface area (Å²) in [6, 6.07) is 13.9. The molecule has 0 aromatic heterocycles. The lowest BCUT2D eigenvalue weighted by Crippen LogP contribution is -2.44. The summed E-state index contributed by atoms with van der Waals surface area (Å²) in [5.41, 5.74) is 1.67. The molecule has 7 heteroatoms. The Labute approximate surface area is 170 Å². The molecule has 2 aromatic rings. The summed E-state index contributed by atoms with van der Waals surface area (Å²) in [4.78, 5) is 38.5. The minimum Gasteiger partial charge on any atom is -0.479 e. The van der Waals surface area contributed by atoms with Crippen molar-refractivity contribution in [2.75, 3.05) is 23.3 Å². The van der Waals surface area contributed by atoms with Crippen LogP contribution in [0.3, 0.4) is 0 Å². The monoisotopic (exact) mass is 395 g/mol. The predicted molar refractivity (Wildman–Crippen MR) is 111 cm³/mol. The third kappa shape index (κ3) is 4.93. The number of unbranched alkanes of at least 4 members (excludes halogenated alkanes) is 1. The van der Waals surface area contributed by atoms with Crippen LogP contribution in [0, 0.1) is 0 Å². The maximum atomic E-state index is 12.5. The van der Waals surface area contributed by atoms with Crippen LogP contribution in [-0.2, 0) is 9.59 Å². The first kappa shape index (κ1) is 20.4. The van der Waals surface area contributed by atoms with Gasteiger partial charge in [0.15, 0.2) is 6.10 Å². The Morgan fingerprint density at radius 1 is 1.14 bits per heavy atom. The van der Waals surface area contributed by atoms with Gasteiger partial charge in [0.25, 0.3) is 11.8 Å². The van der Waals surface area contributed by atoms with Gasteiger partial charge in [-0.3, -0.25) is 14.4 Å². The number of amides is 3. The van der Waals surface area contributed by atoms with E-state index in [1.165, 1.54) is 0 Å². The van der Waals surface area contributed by atoms with Gasteiger partial charge >= 0.3 is 0 Å². The van der Waals surface area contributed by atoms with Crippen LogP contribution in [0.4, 0.5) is 11.4 Å². The molecule has 29 heavy (non-hydrogen) atoms. The predicted octanol–water partition coefficient (Wildman–Crippen LogP) is 2.97. The Bertz CT molecular complexity index is 898. The highest BCUT2D eigenvalue weighted by Crippen LogP contribution is 2.36. The molecule has 0 bridgehead atoms. The maximum absolute atomic E-state index is 12.5. The second kappa shape index (κ2) is 9.23. The van der Waals surface area contributed by atoms with E-state index < -0.39 is 6.10 Å². The zero-order valence-corrected chi connectivity index (χ0v) is 16.6. The van der Waals surface area contributed by atoms with Crippen molar-refractivity contribution in [3.05, 3.63) is 54.1 Å². The Morgan fingerprint density at radius 3 is 2.62 bits per heavy atom. The second-order valence-electron chi connectivity index (χ2n) is 6.88. The number of hydrogen-bond acceptors (Lipinski definition) is 4. The zero-order valence-electron chi connectivity index (χ0n) is 16.6. The van der Waals surface area contributed by atoms with E-state index in [0.29, 0.717) is 29.2 Å². The standard InChI is InChI=1S/C22H25N3O4/c1-3-4-12-25-18-13-17(10-11-19(18)29-15(2)22(25)28)24-20(26)14-23-21(27)16-8-6-5-7-9-16/h5-11,13,15H,3-4,12,14H2,1-2H3,(H,23,27)(H,24,26). The Hall–Kier alpha value is -3.35. The van der Waals surface area contributed by atoms with Crippen LogP contribution in [0.5, 0.6) is 5.75 Å². The topological polar surface area (TPSA) is 87.7 Å². The number of rotatable bonds is 7. The van der Waals surface area contributed by atoms with Crippen molar-refractivity contribution in [1.29, 1.82) is 0 Å². The van der Waals surface area contributed by atoms with Gasteiger partial charge in [-0.25, -0.2) is 0 Å². The third-order valence-corrected chi connectivity index (χ3v) is 4.63. The molecule has 0 radical (unpaired) electrons. The average Bonchev–Trinajstić information content (AvgIpc) is 2.73. The number of hydrogen-bond donors (Lipinski definition) is 2. The Kier molecular flexibility index (Phi) is 6.49. The highest BCUT2D eigenvalue weighted by Gasteiger charge is 2.31. The Morgan fingerprint density at radius 2 is 1.90 bits per heavy atom. The summed E-state index contributed by atoms with van der Waals surface area (Å²) in [5, 5.41) is 5.35. The van der Waals surface area contributed by atoms with Crippen molar-refractivity contribution in [3.63, 3.8) is 0 Å². The van der Waals surface area contributed by atoms with Crippen molar-refractivity contribution < 1.29 is 19.1 Å². The normalized spacial score (nSPS) is 15.3. The van der Waals surface area contributed by atoms with E-state index in [0.717, 1.165) is 12.8 Å². The number of anilines is 2. The molecule has 0 saturated carbocycles. The van der Waals surface area contributed by atoms with Crippen molar-refractivity contribution in [2.24, 2.45) is 0 Å². The lowest BCUT2D eigenvalue weighted by atomic mass is 10.1. The Balaban J connectivity index is 1.66. The van der Waals surface area contributed by atoms with Gasteiger partial charge in [0.05, 0.1) is 12.2 Å². The SMILES string of the molecule is CCCCN1C(=O)C(C)Oc2ccc(NC(=O)CNC(=O)c3ccccc3)cc21. The van der Waals surface area contributed by atoms with E-state index in [9.17, 15) is 14.4 Å². The number of nitrogens with one attached hydrogen (secondary N) is 2. The molecule has 3 amide bonds. The van der Waals surface area contributed by atoms with E-state index in [2.05, 4.69) is 17.6 Å². The van der Waals surface area contributed by atoms with Crippen molar-refractivity contribution in [3.8, 4) is 5.75 Å². The molecule has 0 saturated heterocycles. The van der Waals surface area contributed by atoms with Crippen molar-refractivity contribution >= 4 is 29.1 Å². The van der Waals surface area contributed by atoms with E-state index in [1.54, 1.807) is 54.3 Å². The summed E-state index contributed by atoms with van der Waals surface area (Å²) >= 11 is 0. The van der Waals surface area contributed by atoms with Gasteiger partial charge in [-0.2, -0.15) is 0 Å². The molecule has 1 unspecified atom stereocenters. The number of ether oxygens (including phenoxy) is 1. The first-order chi connectivity index (χ1) is 14.0. The van der Waals surface area contributed by atoms with Crippen LogP contribution in [0.15, 0.2) is 48.5 Å². The summed E-state index contributed by atoms with van der Waals surface area (Å²) in [6.07, 6.45) is 1.30. The van der Waals surface area contributed by atoms with Crippen LogP contribution in [0.25, 0.3) is 0 Å². The summed E-state index contributed by atoms with van der Waals surface area (Å²) < 4.78 is 5.68. The molecule has 2 aromatic carbocycles. The summed E-state index contributed by atoms with van der Waals surface area (Å²) in [5.74, 6) is -0.149. The lowest BCUT2D eigenvalue weighted by molar-refractivity contribution is -0.125. The highest BCUT2D eigenvalue weighted by atomic mass is 16.5. The van der Waals surface area contributed by atoms with Crippen LogP contribution >= 0.6 is 0 Å². The molecular formula is C22H25N3O4. The van der Waals surface area contributed by atoms with Gasteiger partial charge in [-0.1, -0.05) is 31.5 Å². The number of benzene rings is 2. The lowest BCUT2D eigenvalue weighted by Gasteiger charge is -2.33. The molecule has 1 aliphatic rings. The van der Waals surface area contributed by atoms with E-state index in [1.807, 2.05) is 6.07 Å². The summed E-state index contributed by atoms with van der Waals surface area (Å²) in [6.45, 7) is 4.24. The van der Waals surface area contributed by atoms with Gasteiger partial charge in [0.1, 0.15) is 5.75 Å². The first-order valence-electron chi connectivity index (χ1n) is 9.74. The third-order valence-electron chi connectivity index (χ3n) is 4.63. The van der Waals surface area contributed by atoms with Gasteiger partial charge in [-0.15, -0.1) is 0 Å². The van der Waals surface area contributed by atoms with E-state index >= 15 is 0 Å². The fourth-order valence-corrected chi connectivity index (χ4v) is 3.09. The minimum atomic E-state index is -0.534. The molecule has 0 aliphatic carbocycles. The van der Waals surface area contributed by atoms with Gasteiger partial charge in [-0.05, 0) is 43.7 Å². The van der Waals surface area contributed by atoms with E-state index in [-0.39, 0.29) is 24.3 Å². The van der Waals surface area contributed by atoms with E-state index in [4.69, 9.17) is 4.74 Å². The van der Waals surface area contributed by atoms with Gasteiger partial charge in [0.2, 0.25) is 5.91 Å². The molecule has 0 spiro atoms. The van der Waals surface area contributed by atoms with Crippen LogP contribution < -0.4 is 20.3 Å². The second-order valence-corrected chi connectivity index (χ2v) is 6.88. The minimum absolute atomic E-state index is 0.0930. The molecule has 1 aliphatic heterocycles. The van der Waals surface area contributed by atoms with Crippen molar-refractivity contribution in [2.45, 2.75) is 32.8 Å². The van der Waals surface area contributed by atoms with Gasteiger partial charge in [0, 0.05) is 17.8 Å². The first-order valence-corrected chi connectivity index (χ1v) is 9.74. The molecule has 2 N–H and O–H groups in total. The summed E-state index contributed by atoms with van der Waals surface area (Å²) in [7, 11) is 0. The molecule has 7 nitrogen and oxygen atoms in total. The fraction of sp³-hybridized carbons (Fsp3) is 0.318. The smallest absolute Gasteiger partial charge is 0.267 e. The number of nitrogens with zero attached hydrogens (tertiary/aromatic N) is 1. The molecule has 152 valence electrons. The fourth-order valence-electron chi connectivity index (χ4n) is 3.09. The highest BCUT2D eigenvalue weighted by molar-refractivity contribution is 6.02. The molecular weight excluding hydrogens is 370 g/mol. The molecule has 3 rings (SSSR count). The number of fused-ring (bicyclic) bond motifs is 1. The van der Waals surface area contributed by atoms with Crippen LogP contribution in [-0.4, -0.2) is 36.9 Å². The molecule has 1 heterocycles. The van der Waals surface area contributed by atoms with Crippen LogP contribution in [0.1, 0.15) is 37.0 Å². The quantitative estimate of drug-likeness (QED) is 0.755. The zero-order chi connectivity index (χ0) is 20.8. The molecule has 1 atom stereocenters. The number of carbonyl (C=O) groups excluding carboxylic acids is 3.